The van der Waals surface area contributed by atoms with Crippen molar-refractivity contribution < 1.29 is 0 Å². The van der Waals surface area contributed by atoms with E-state index in [1.54, 1.807) is 56.2 Å². The van der Waals surface area contributed by atoms with Gasteiger partial charge in [0, 0.05) is 48.2 Å². The van der Waals surface area contributed by atoms with Gasteiger partial charge in [-0.05, 0) is 25.1 Å². The summed E-state index contributed by atoms with van der Waals surface area (Å²) in [7, 11) is 3.44. The number of nitrogens with one attached hydrogen (secondary N) is 1. The van der Waals surface area contributed by atoms with Crippen molar-refractivity contribution in [2.45, 2.75) is 6.92 Å². The molecule has 6 heteroatoms. The second-order valence-corrected chi connectivity index (χ2v) is 6.01. The van der Waals surface area contributed by atoms with Crippen LogP contribution < -0.4 is 10.9 Å². The molecular formula is C17H17Cl2N3O. The quantitative estimate of drug-likeness (QED) is 0.854. The molecule has 120 valence electrons. The van der Waals surface area contributed by atoms with Gasteiger partial charge in [-0.15, -0.1) is 0 Å². The zero-order chi connectivity index (χ0) is 17.1. The first kappa shape index (κ1) is 17.3. The Labute approximate surface area is 144 Å². The number of pyridine rings is 2. The molecule has 0 amide bonds. The third-order valence-corrected chi connectivity index (χ3v) is 3.99. The molecule has 0 fully saturated rings. The summed E-state index contributed by atoms with van der Waals surface area (Å²) in [5.74, 6) is 0. The number of aryl methyl sites for hydroxylation is 1. The second-order valence-electron chi connectivity index (χ2n) is 5.03. The van der Waals surface area contributed by atoms with E-state index in [1.807, 2.05) is 0 Å². The van der Waals surface area contributed by atoms with Crippen LogP contribution in [0.3, 0.4) is 0 Å². The van der Waals surface area contributed by atoms with Gasteiger partial charge in [0.15, 0.2) is 0 Å². The molecule has 0 aromatic carbocycles. The summed E-state index contributed by atoms with van der Waals surface area (Å²) in [4.78, 5) is 16.8. The fourth-order valence-electron chi connectivity index (χ4n) is 2.28. The van der Waals surface area contributed by atoms with Crippen molar-refractivity contribution in [2.75, 3.05) is 7.05 Å². The van der Waals surface area contributed by atoms with Crippen molar-refractivity contribution in [2.24, 2.45) is 7.05 Å². The number of likely N-dealkylation sites (N-methyl/N-ethyl adjacent to an activating group) is 1. The summed E-state index contributed by atoms with van der Waals surface area (Å²) < 4.78 is 1.56. The Morgan fingerprint density at radius 3 is 2.74 bits per heavy atom. The summed E-state index contributed by atoms with van der Waals surface area (Å²) >= 11 is 12.6. The minimum absolute atomic E-state index is 0.180. The lowest BCUT2D eigenvalue weighted by molar-refractivity contribution is 0.900. The Bertz CT molecular complexity index is 890. The minimum Gasteiger partial charge on any atom is -0.389 e. The van der Waals surface area contributed by atoms with Crippen molar-refractivity contribution in [3.63, 3.8) is 0 Å². The summed E-state index contributed by atoms with van der Waals surface area (Å²) in [6.45, 7) is 5.50. The Morgan fingerprint density at radius 1 is 1.43 bits per heavy atom. The third kappa shape index (κ3) is 3.49. The monoisotopic (exact) mass is 349 g/mol. The lowest BCUT2D eigenvalue weighted by Gasteiger charge is -2.12. The highest BCUT2D eigenvalue weighted by atomic mass is 35.5. The average molecular weight is 350 g/mol. The standard InChI is InChI=1S/C17H17Cl2N3O/c1-10(20-3)7-14(19)16(11(2)18)13-8-12-9-21-6-5-15(12)22(4)17(13)23/h5-9,20H,1H2,2-4H3/b14-7+,16-11+. The highest BCUT2D eigenvalue weighted by Crippen LogP contribution is 2.31. The lowest BCUT2D eigenvalue weighted by atomic mass is 10.0. The molecule has 0 atom stereocenters. The predicted molar refractivity (Wildman–Crippen MR) is 97.6 cm³/mol. The van der Waals surface area contributed by atoms with Gasteiger partial charge >= 0.3 is 0 Å². The van der Waals surface area contributed by atoms with E-state index >= 15 is 0 Å². The van der Waals surface area contributed by atoms with E-state index in [9.17, 15) is 4.79 Å². The van der Waals surface area contributed by atoms with Gasteiger partial charge in [-0.25, -0.2) is 0 Å². The normalized spacial score (nSPS) is 13.0. The van der Waals surface area contributed by atoms with Crippen LogP contribution in [0.25, 0.3) is 16.5 Å². The molecule has 0 aliphatic carbocycles. The zero-order valence-corrected chi connectivity index (χ0v) is 14.7. The lowest BCUT2D eigenvalue weighted by Crippen LogP contribution is -2.21. The molecule has 1 N–H and O–H groups in total. The van der Waals surface area contributed by atoms with Crippen molar-refractivity contribution in [1.29, 1.82) is 0 Å². The fourth-order valence-corrected chi connectivity index (χ4v) is 2.91. The SMILES string of the molecule is C=C(/C=C(Cl)\C(=C(/C)Cl)c1cc2cnccc2n(C)c1=O)NC. The largest absolute Gasteiger partial charge is 0.389 e. The first-order valence-electron chi connectivity index (χ1n) is 6.91. The van der Waals surface area contributed by atoms with Crippen LogP contribution in [0.1, 0.15) is 12.5 Å². The van der Waals surface area contributed by atoms with Gasteiger partial charge in [-0.3, -0.25) is 9.78 Å². The average Bonchev–Trinajstić information content (AvgIpc) is 2.51. The number of fused-ring (bicyclic) bond motifs is 1. The molecule has 2 aromatic heterocycles. The molecule has 23 heavy (non-hydrogen) atoms. The van der Waals surface area contributed by atoms with Gasteiger partial charge in [-0.2, -0.15) is 0 Å². The molecule has 0 saturated carbocycles. The molecular weight excluding hydrogens is 333 g/mol. The maximum atomic E-state index is 12.7. The molecule has 0 aliphatic rings. The summed E-state index contributed by atoms with van der Waals surface area (Å²) in [6.07, 6.45) is 4.98. The maximum Gasteiger partial charge on any atom is 0.258 e. The molecule has 0 spiro atoms. The van der Waals surface area contributed by atoms with Crippen molar-refractivity contribution in [1.82, 2.24) is 14.9 Å². The summed E-state index contributed by atoms with van der Waals surface area (Å²) in [6, 6.07) is 3.54. The van der Waals surface area contributed by atoms with Crippen LogP contribution in [0.4, 0.5) is 0 Å². The van der Waals surface area contributed by atoms with Crippen LogP contribution in [0.5, 0.6) is 0 Å². The number of rotatable bonds is 4. The highest BCUT2D eigenvalue weighted by Gasteiger charge is 2.16. The van der Waals surface area contributed by atoms with Crippen LogP contribution in [0.2, 0.25) is 0 Å². The van der Waals surface area contributed by atoms with Gasteiger partial charge in [-0.1, -0.05) is 29.8 Å². The number of halogens is 2. The zero-order valence-electron chi connectivity index (χ0n) is 13.2. The van der Waals surface area contributed by atoms with Crippen molar-refractivity contribution in [3.8, 4) is 0 Å². The van der Waals surface area contributed by atoms with Crippen molar-refractivity contribution in [3.05, 3.63) is 68.9 Å². The van der Waals surface area contributed by atoms with E-state index in [1.165, 1.54) is 0 Å². The van der Waals surface area contributed by atoms with Crippen molar-refractivity contribution >= 4 is 39.7 Å². The fraction of sp³-hybridized carbons (Fsp3) is 0.176. The topological polar surface area (TPSA) is 46.9 Å². The van der Waals surface area contributed by atoms with Crippen LogP contribution in [0, 0.1) is 0 Å². The number of allylic oxidation sites excluding steroid dienone is 4. The Balaban J connectivity index is 2.77. The molecule has 0 aliphatic heterocycles. The van der Waals surface area contributed by atoms with E-state index in [0.29, 0.717) is 26.9 Å². The molecule has 0 radical (unpaired) electrons. The summed E-state index contributed by atoms with van der Waals surface area (Å²) in [5.41, 5.74) is 2.13. The Morgan fingerprint density at radius 2 is 2.13 bits per heavy atom. The molecule has 0 bridgehead atoms. The third-order valence-electron chi connectivity index (χ3n) is 3.50. The number of hydrogen-bond donors (Lipinski definition) is 1. The number of hydrogen-bond acceptors (Lipinski definition) is 3. The Kier molecular flexibility index (Phi) is 5.29. The smallest absolute Gasteiger partial charge is 0.258 e. The van der Waals surface area contributed by atoms with Crippen LogP contribution >= 0.6 is 23.2 Å². The van der Waals surface area contributed by atoms with Crippen LogP contribution in [-0.2, 0) is 7.05 Å². The predicted octanol–water partition coefficient (Wildman–Crippen LogP) is 3.76. The molecule has 0 unspecified atom stereocenters. The van der Waals surface area contributed by atoms with Gasteiger partial charge in [0.1, 0.15) is 0 Å². The van der Waals surface area contributed by atoms with Gasteiger partial charge in [0.2, 0.25) is 0 Å². The van der Waals surface area contributed by atoms with E-state index in [4.69, 9.17) is 23.2 Å². The molecule has 2 aromatic rings. The molecule has 0 saturated heterocycles. The van der Waals surface area contributed by atoms with E-state index in [0.717, 1.165) is 10.9 Å². The van der Waals surface area contributed by atoms with Crippen LogP contribution in [-0.4, -0.2) is 16.6 Å². The van der Waals surface area contributed by atoms with Gasteiger partial charge in [0.25, 0.3) is 5.56 Å². The first-order chi connectivity index (χ1) is 10.9. The Hall–Kier alpha value is -2.04. The number of aromatic nitrogens is 2. The maximum absolute atomic E-state index is 12.7. The first-order valence-corrected chi connectivity index (χ1v) is 7.67. The second kappa shape index (κ2) is 7.02. The van der Waals surface area contributed by atoms with E-state index in [-0.39, 0.29) is 5.56 Å². The van der Waals surface area contributed by atoms with Gasteiger partial charge in [0.05, 0.1) is 16.1 Å². The minimum atomic E-state index is -0.180. The number of nitrogens with zero attached hydrogens (tertiary/aromatic N) is 2. The molecule has 4 nitrogen and oxygen atoms in total. The van der Waals surface area contributed by atoms with E-state index in [2.05, 4.69) is 16.9 Å². The molecule has 2 heterocycles. The van der Waals surface area contributed by atoms with Crippen LogP contribution in [0.15, 0.2) is 57.7 Å². The summed E-state index contributed by atoms with van der Waals surface area (Å²) in [5, 5.41) is 4.48. The molecule has 2 rings (SSSR count). The van der Waals surface area contributed by atoms with Gasteiger partial charge < -0.3 is 9.88 Å². The highest BCUT2D eigenvalue weighted by molar-refractivity contribution is 6.42. The van der Waals surface area contributed by atoms with E-state index < -0.39 is 0 Å².